The molecule has 0 unspecified atom stereocenters. The summed E-state index contributed by atoms with van der Waals surface area (Å²) in [5.41, 5.74) is -0.547. The van der Waals surface area contributed by atoms with Crippen LogP contribution in [0.3, 0.4) is 0 Å². The van der Waals surface area contributed by atoms with E-state index in [1.807, 2.05) is 0 Å². The van der Waals surface area contributed by atoms with Crippen molar-refractivity contribution in [3.05, 3.63) is 0 Å². The molecule has 0 radical (unpaired) electrons. The number of hydrogen-bond acceptors (Lipinski definition) is 3. The maximum Gasteiger partial charge on any atom is 0.408 e. The molecule has 98 valence electrons. The maximum atomic E-state index is 11.6. The molecule has 0 aliphatic heterocycles. The van der Waals surface area contributed by atoms with Crippen molar-refractivity contribution in [1.82, 2.24) is 10.6 Å². The summed E-state index contributed by atoms with van der Waals surface area (Å²) < 4.78 is 5.07. The van der Waals surface area contributed by atoms with Gasteiger partial charge in [-0.1, -0.05) is 0 Å². The van der Waals surface area contributed by atoms with Gasteiger partial charge in [-0.3, -0.25) is 4.79 Å². The lowest BCUT2D eigenvalue weighted by Gasteiger charge is -2.21. The summed E-state index contributed by atoms with van der Waals surface area (Å²) in [4.78, 5) is 23.0. The molecule has 1 rings (SSSR count). The molecule has 1 aliphatic carbocycles. The van der Waals surface area contributed by atoms with Gasteiger partial charge in [0.15, 0.2) is 0 Å². The fourth-order valence-corrected chi connectivity index (χ4v) is 1.27. The molecule has 2 amide bonds. The third-order valence-electron chi connectivity index (χ3n) is 2.39. The van der Waals surface area contributed by atoms with Crippen LogP contribution in [0.5, 0.6) is 0 Å². The summed E-state index contributed by atoms with van der Waals surface area (Å²) in [6.45, 7) is 7.70. The highest BCUT2D eigenvalue weighted by Crippen LogP contribution is 2.27. The largest absolute Gasteiger partial charge is 0.444 e. The van der Waals surface area contributed by atoms with E-state index in [1.54, 1.807) is 27.7 Å². The van der Waals surface area contributed by atoms with E-state index >= 15 is 0 Å². The van der Waals surface area contributed by atoms with Crippen LogP contribution in [-0.2, 0) is 9.53 Å². The summed E-state index contributed by atoms with van der Waals surface area (Å²) in [5.74, 6) is 0.468. The SMILES string of the molecule is C[C@H](NC(=O)OC(C)(C)C)C(=O)NCC1CC1. The highest BCUT2D eigenvalue weighted by Gasteiger charge is 2.24. The molecule has 0 saturated heterocycles. The summed E-state index contributed by atoms with van der Waals surface area (Å²) in [5, 5.41) is 5.31. The van der Waals surface area contributed by atoms with E-state index in [-0.39, 0.29) is 5.91 Å². The second-order valence-electron chi connectivity index (χ2n) is 5.56. The van der Waals surface area contributed by atoms with E-state index in [0.717, 1.165) is 0 Å². The van der Waals surface area contributed by atoms with Crippen molar-refractivity contribution in [3.8, 4) is 0 Å². The summed E-state index contributed by atoms with van der Waals surface area (Å²) in [6, 6.07) is -0.566. The molecule has 1 fully saturated rings. The molecular weight excluding hydrogens is 220 g/mol. The fourth-order valence-electron chi connectivity index (χ4n) is 1.27. The number of hydrogen-bond donors (Lipinski definition) is 2. The van der Waals surface area contributed by atoms with Crippen LogP contribution in [0.1, 0.15) is 40.5 Å². The molecule has 5 nitrogen and oxygen atoms in total. The smallest absolute Gasteiger partial charge is 0.408 e. The maximum absolute atomic E-state index is 11.6. The number of rotatable bonds is 4. The number of ether oxygens (including phenoxy) is 1. The van der Waals surface area contributed by atoms with Crippen molar-refractivity contribution >= 4 is 12.0 Å². The van der Waals surface area contributed by atoms with Crippen molar-refractivity contribution in [2.24, 2.45) is 5.92 Å². The van der Waals surface area contributed by atoms with Crippen LogP contribution in [0.25, 0.3) is 0 Å². The zero-order valence-electron chi connectivity index (χ0n) is 11.0. The van der Waals surface area contributed by atoms with Crippen molar-refractivity contribution in [3.63, 3.8) is 0 Å². The van der Waals surface area contributed by atoms with Crippen LogP contribution >= 0.6 is 0 Å². The summed E-state index contributed by atoms with van der Waals surface area (Å²) in [6.07, 6.45) is 1.81. The molecule has 1 atom stereocenters. The first-order chi connectivity index (χ1) is 7.78. The third-order valence-corrected chi connectivity index (χ3v) is 2.39. The fraction of sp³-hybridized carbons (Fsp3) is 0.833. The Morgan fingerprint density at radius 2 is 1.94 bits per heavy atom. The first-order valence-corrected chi connectivity index (χ1v) is 6.05. The van der Waals surface area contributed by atoms with Gasteiger partial charge in [0.25, 0.3) is 0 Å². The topological polar surface area (TPSA) is 67.4 Å². The highest BCUT2D eigenvalue weighted by atomic mass is 16.6. The number of alkyl carbamates (subject to hydrolysis) is 1. The number of amides is 2. The minimum absolute atomic E-state index is 0.164. The van der Waals surface area contributed by atoms with E-state index < -0.39 is 17.7 Å². The molecule has 5 heteroatoms. The normalized spacial score (nSPS) is 17.2. The molecule has 2 N–H and O–H groups in total. The highest BCUT2D eigenvalue weighted by molar-refractivity contribution is 5.85. The van der Waals surface area contributed by atoms with Gasteiger partial charge in [0.2, 0.25) is 5.91 Å². The zero-order chi connectivity index (χ0) is 13.1. The van der Waals surface area contributed by atoms with E-state index in [1.165, 1.54) is 12.8 Å². The lowest BCUT2D eigenvalue weighted by atomic mass is 10.2. The second kappa shape index (κ2) is 5.38. The van der Waals surface area contributed by atoms with E-state index in [2.05, 4.69) is 10.6 Å². The second-order valence-corrected chi connectivity index (χ2v) is 5.56. The molecule has 17 heavy (non-hydrogen) atoms. The van der Waals surface area contributed by atoms with Gasteiger partial charge in [0, 0.05) is 6.54 Å². The van der Waals surface area contributed by atoms with Gasteiger partial charge in [-0.25, -0.2) is 4.79 Å². The van der Waals surface area contributed by atoms with Crippen molar-refractivity contribution < 1.29 is 14.3 Å². The van der Waals surface area contributed by atoms with Crippen LogP contribution in [0, 0.1) is 5.92 Å². The zero-order valence-corrected chi connectivity index (χ0v) is 11.0. The van der Waals surface area contributed by atoms with Crippen LogP contribution in [0.4, 0.5) is 4.79 Å². The molecule has 0 aromatic carbocycles. The lowest BCUT2D eigenvalue weighted by Crippen LogP contribution is -2.46. The molecule has 0 heterocycles. The average Bonchev–Trinajstić information content (AvgIpc) is 2.93. The summed E-state index contributed by atoms with van der Waals surface area (Å²) in [7, 11) is 0. The Labute approximate surface area is 102 Å². The molecular formula is C12H22N2O3. The predicted octanol–water partition coefficient (Wildman–Crippen LogP) is 1.43. The first kappa shape index (κ1) is 13.8. The quantitative estimate of drug-likeness (QED) is 0.783. The third kappa shape index (κ3) is 6.14. The monoisotopic (exact) mass is 242 g/mol. The molecule has 0 spiro atoms. The Balaban J connectivity index is 2.23. The average molecular weight is 242 g/mol. The Hall–Kier alpha value is -1.26. The molecule has 0 bridgehead atoms. The predicted molar refractivity (Wildman–Crippen MR) is 64.6 cm³/mol. The molecule has 1 saturated carbocycles. The van der Waals surface area contributed by atoms with Crippen molar-refractivity contribution in [2.45, 2.75) is 52.2 Å². The van der Waals surface area contributed by atoms with Gasteiger partial charge >= 0.3 is 6.09 Å². The number of carbonyl (C=O) groups is 2. The molecule has 1 aliphatic rings. The Bertz CT molecular complexity index is 293. The van der Waals surface area contributed by atoms with Crippen molar-refractivity contribution in [1.29, 1.82) is 0 Å². The van der Waals surface area contributed by atoms with Gasteiger partial charge in [-0.05, 0) is 46.5 Å². The Morgan fingerprint density at radius 3 is 2.41 bits per heavy atom. The van der Waals surface area contributed by atoms with Gasteiger partial charge in [0.1, 0.15) is 11.6 Å². The molecule has 0 aromatic heterocycles. The van der Waals surface area contributed by atoms with Gasteiger partial charge in [-0.15, -0.1) is 0 Å². The molecule has 0 aromatic rings. The van der Waals surface area contributed by atoms with E-state index in [0.29, 0.717) is 12.5 Å². The first-order valence-electron chi connectivity index (χ1n) is 6.05. The van der Waals surface area contributed by atoms with Gasteiger partial charge in [0.05, 0.1) is 0 Å². The van der Waals surface area contributed by atoms with Crippen molar-refractivity contribution in [2.75, 3.05) is 6.54 Å². The standard InChI is InChI=1S/C12H22N2O3/c1-8(10(15)13-7-9-5-6-9)14-11(16)17-12(2,3)4/h8-9H,5-7H2,1-4H3,(H,13,15)(H,14,16)/t8-/m0/s1. The number of nitrogens with one attached hydrogen (secondary N) is 2. The Kier molecular flexibility index (Phi) is 4.37. The van der Waals surface area contributed by atoms with Crippen LogP contribution < -0.4 is 10.6 Å². The minimum Gasteiger partial charge on any atom is -0.444 e. The van der Waals surface area contributed by atoms with Gasteiger partial charge in [-0.2, -0.15) is 0 Å². The van der Waals surface area contributed by atoms with E-state index in [9.17, 15) is 9.59 Å². The lowest BCUT2D eigenvalue weighted by molar-refractivity contribution is -0.122. The van der Waals surface area contributed by atoms with Gasteiger partial charge < -0.3 is 15.4 Å². The minimum atomic E-state index is -0.566. The summed E-state index contributed by atoms with van der Waals surface area (Å²) >= 11 is 0. The van der Waals surface area contributed by atoms with Crippen LogP contribution in [0.2, 0.25) is 0 Å². The van der Waals surface area contributed by atoms with Crippen LogP contribution in [0.15, 0.2) is 0 Å². The Morgan fingerprint density at radius 1 is 1.35 bits per heavy atom. The number of carbonyl (C=O) groups excluding carboxylic acids is 2. The van der Waals surface area contributed by atoms with Crippen LogP contribution in [-0.4, -0.2) is 30.2 Å². The van der Waals surface area contributed by atoms with E-state index in [4.69, 9.17) is 4.74 Å².